The van der Waals surface area contributed by atoms with Crippen LogP contribution in [0.5, 0.6) is 5.75 Å². The molecule has 0 atom stereocenters. The number of aryl methyl sites for hydroxylation is 2. The Morgan fingerprint density at radius 1 is 1.00 bits per heavy atom. The van der Waals surface area contributed by atoms with Crippen LogP contribution in [0.1, 0.15) is 52.7 Å². The van der Waals surface area contributed by atoms with Gasteiger partial charge in [0.15, 0.2) is 0 Å². The fourth-order valence-corrected chi connectivity index (χ4v) is 5.51. The van der Waals surface area contributed by atoms with E-state index in [0.29, 0.717) is 5.92 Å². The summed E-state index contributed by atoms with van der Waals surface area (Å²) in [5, 5.41) is 0. The van der Waals surface area contributed by atoms with Gasteiger partial charge in [0.2, 0.25) is 0 Å². The van der Waals surface area contributed by atoms with E-state index in [9.17, 15) is 4.39 Å². The Morgan fingerprint density at radius 3 is 2.51 bits per heavy atom. The van der Waals surface area contributed by atoms with Crippen molar-refractivity contribution in [2.75, 3.05) is 25.1 Å². The maximum absolute atomic E-state index is 13.4. The minimum atomic E-state index is -0.222. The van der Waals surface area contributed by atoms with Crippen molar-refractivity contribution in [2.24, 2.45) is 0 Å². The molecule has 6 rings (SSSR count). The van der Waals surface area contributed by atoms with Crippen LogP contribution in [0.15, 0.2) is 48.8 Å². The van der Waals surface area contributed by atoms with Gasteiger partial charge in [0.05, 0.1) is 18.5 Å². The molecule has 0 amide bonds. The van der Waals surface area contributed by atoms with Crippen LogP contribution in [0.2, 0.25) is 0 Å². The lowest BCUT2D eigenvalue weighted by Gasteiger charge is -2.32. The number of methoxy groups -OCH3 is 1. The monoisotopic (exact) mass is 495 g/mol. The Bertz CT molecular complexity index is 1480. The van der Waals surface area contributed by atoms with E-state index in [4.69, 9.17) is 9.72 Å². The quantitative estimate of drug-likeness (QED) is 0.362. The lowest BCUT2D eigenvalue weighted by Crippen LogP contribution is -2.34. The van der Waals surface area contributed by atoms with Crippen molar-refractivity contribution in [1.82, 2.24) is 19.9 Å². The zero-order valence-electron chi connectivity index (χ0n) is 21.4. The van der Waals surface area contributed by atoms with Gasteiger partial charge in [0.1, 0.15) is 29.5 Å². The van der Waals surface area contributed by atoms with E-state index in [0.717, 1.165) is 94.7 Å². The van der Waals surface area contributed by atoms with Crippen molar-refractivity contribution >= 4 is 17.5 Å². The second-order valence-corrected chi connectivity index (χ2v) is 9.95. The Kier molecular flexibility index (Phi) is 5.99. The summed E-state index contributed by atoms with van der Waals surface area (Å²) in [6, 6.07) is 12.9. The Hall–Kier alpha value is -4.00. The number of hydrogen-bond donors (Lipinski definition) is 1. The average Bonchev–Trinajstić information content (AvgIpc) is 3.53. The van der Waals surface area contributed by atoms with Crippen LogP contribution in [0.3, 0.4) is 0 Å². The fraction of sp³-hybridized carbons (Fsp3) is 0.300. The van der Waals surface area contributed by atoms with Crippen LogP contribution in [0.4, 0.5) is 10.2 Å². The van der Waals surface area contributed by atoms with Gasteiger partial charge in [-0.3, -0.25) is 0 Å². The lowest BCUT2D eigenvalue weighted by atomic mass is 9.96. The predicted octanol–water partition coefficient (Wildman–Crippen LogP) is 6.11. The van der Waals surface area contributed by atoms with Crippen LogP contribution in [0, 0.1) is 19.7 Å². The van der Waals surface area contributed by atoms with Gasteiger partial charge in [-0.05, 0) is 67.7 Å². The number of aromatic amines is 1. The summed E-state index contributed by atoms with van der Waals surface area (Å²) in [7, 11) is 1.70. The van der Waals surface area contributed by atoms with Gasteiger partial charge in [0, 0.05) is 42.2 Å². The first-order chi connectivity index (χ1) is 18.0. The zero-order valence-corrected chi connectivity index (χ0v) is 21.4. The highest BCUT2D eigenvalue weighted by Crippen LogP contribution is 2.38. The number of ether oxygens (including phenoxy) is 1. The number of H-pyrrole nitrogens is 1. The number of allylic oxidation sites excluding steroid dienone is 1. The van der Waals surface area contributed by atoms with Gasteiger partial charge in [0.25, 0.3) is 0 Å². The van der Waals surface area contributed by atoms with E-state index in [1.807, 2.05) is 19.1 Å². The zero-order chi connectivity index (χ0) is 25.5. The first-order valence-corrected chi connectivity index (χ1v) is 12.8. The summed E-state index contributed by atoms with van der Waals surface area (Å²) in [6.45, 7) is 5.94. The molecule has 1 saturated heterocycles. The molecule has 1 fully saturated rings. The molecule has 0 unspecified atom stereocenters. The number of imidazole rings is 1. The average molecular weight is 496 g/mol. The summed E-state index contributed by atoms with van der Waals surface area (Å²) < 4.78 is 18.9. The topological polar surface area (TPSA) is 66.9 Å². The van der Waals surface area contributed by atoms with E-state index in [2.05, 4.69) is 51.1 Å². The van der Waals surface area contributed by atoms with Crippen LogP contribution in [-0.2, 0) is 6.42 Å². The highest BCUT2D eigenvalue weighted by molar-refractivity contribution is 5.91. The van der Waals surface area contributed by atoms with Crippen LogP contribution in [0.25, 0.3) is 22.9 Å². The third kappa shape index (κ3) is 4.39. The standard InChI is InChI=1S/C30H30FN5O/c1-18-4-5-22(16-27(18)37-3)28-19(2)34-29(35-28)21-10-12-36(13-11-21)30-25-14-23(15-26(25)32-17-33-30)20-6-8-24(31)9-7-20/h4-9,14,16-17,21H,10-13,15H2,1-3H3,(H,34,35). The number of hydrogen-bond acceptors (Lipinski definition) is 5. The molecule has 4 aromatic rings. The molecular formula is C30H30FN5O. The van der Waals surface area contributed by atoms with Crippen LogP contribution < -0.4 is 9.64 Å². The number of rotatable bonds is 5. The number of aromatic nitrogens is 4. The summed E-state index contributed by atoms with van der Waals surface area (Å²) in [5.74, 6) is 3.07. The van der Waals surface area contributed by atoms with Crippen molar-refractivity contribution in [1.29, 1.82) is 0 Å². The largest absolute Gasteiger partial charge is 0.496 e. The van der Waals surface area contributed by atoms with Gasteiger partial charge < -0.3 is 14.6 Å². The molecule has 0 bridgehead atoms. The number of fused-ring (bicyclic) bond motifs is 1. The molecule has 37 heavy (non-hydrogen) atoms. The van der Waals surface area contributed by atoms with Crippen molar-refractivity contribution in [3.63, 3.8) is 0 Å². The minimum absolute atomic E-state index is 0.222. The number of anilines is 1. The molecule has 2 aliphatic rings. The maximum atomic E-state index is 13.4. The normalized spacial score (nSPS) is 15.6. The minimum Gasteiger partial charge on any atom is -0.496 e. The third-order valence-corrected chi connectivity index (χ3v) is 7.60. The number of piperidine rings is 1. The van der Waals surface area contributed by atoms with E-state index in [-0.39, 0.29) is 5.82 Å². The first kappa shape index (κ1) is 23.4. The molecule has 0 radical (unpaired) electrons. The molecule has 7 heteroatoms. The molecule has 0 saturated carbocycles. The molecule has 2 aromatic heterocycles. The molecular weight excluding hydrogens is 465 g/mol. The van der Waals surface area contributed by atoms with Crippen molar-refractivity contribution in [3.05, 3.63) is 88.5 Å². The summed E-state index contributed by atoms with van der Waals surface area (Å²) in [4.78, 5) is 20.2. The van der Waals surface area contributed by atoms with E-state index in [1.54, 1.807) is 13.4 Å². The highest BCUT2D eigenvalue weighted by atomic mass is 19.1. The molecule has 188 valence electrons. The number of nitrogens with zero attached hydrogens (tertiary/aromatic N) is 4. The van der Waals surface area contributed by atoms with Gasteiger partial charge in [-0.1, -0.05) is 24.3 Å². The fourth-order valence-electron chi connectivity index (χ4n) is 5.51. The maximum Gasteiger partial charge on any atom is 0.139 e. The highest BCUT2D eigenvalue weighted by Gasteiger charge is 2.28. The number of nitrogens with one attached hydrogen (secondary N) is 1. The second-order valence-electron chi connectivity index (χ2n) is 9.95. The molecule has 0 spiro atoms. The SMILES string of the molecule is COc1cc(-c2nc(C3CCN(c4ncnc5c4C=C(c4ccc(F)cc4)C5)CC3)[nH]c2C)ccc1C. The van der Waals surface area contributed by atoms with Gasteiger partial charge in [-0.25, -0.2) is 19.3 Å². The lowest BCUT2D eigenvalue weighted by molar-refractivity contribution is 0.412. The summed E-state index contributed by atoms with van der Waals surface area (Å²) in [5.41, 5.74) is 8.55. The summed E-state index contributed by atoms with van der Waals surface area (Å²) >= 11 is 0. The van der Waals surface area contributed by atoms with Crippen LogP contribution >= 0.6 is 0 Å². The van der Waals surface area contributed by atoms with Gasteiger partial charge >= 0.3 is 0 Å². The van der Waals surface area contributed by atoms with E-state index in [1.165, 1.54) is 12.1 Å². The van der Waals surface area contributed by atoms with Gasteiger partial charge in [-0.2, -0.15) is 0 Å². The van der Waals surface area contributed by atoms with Crippen molar-refractivity contribution in [3.8, 4) is 17.0 Å². The third-order valence-electron chi connectivity index (χ3n) is 7.60. The van der Waals surface area contributed by atoms with Crippen molar-refractivity contribution < 1.29 is 9.13 Å². The molecule has 1 N–H and O–H groups in total. The molecule has 1 aliphatic heterocycles. The van der Waals surface area contributed by atoms with E-state index >= 15 is 0 Å². The molecule has 6 nitrogen and oxygen atoms in total. The second kappa shape index (κ2) is 9.47. The first-order valence-electron chi connectivity index (χ1n) is 12.8. The van der Waals surface area contributed by atoms with Crippen LogP contribution in [-0.4, -0.2) is 40.1 Å². The number of halogens is 1. The van der Waals surface area contributed by atoms with E-state index < -0.39 is 0 Å². The predicted molar refractivity (Wildman–Crippen MR) is 144 cm³/mol. The molecule has 1 aliphatic carbocycles. The van der Waals surface area contributed by atoms with Crippen molar-refractivity contribution in [2.45, 2.75) is 39.0 Å². The number of benzene rings is 2. The smallest absolute Gasteiger partial charge is 0.139 e. The Labute approximate surface area is 216 Å². The van der Waals surface area contributed by atoms with Gasteiger partial charge in [-0.15, -0.1) is 0 Å². The Morgan fingerprint density at radius 2 is 1.76 bits per heavy atom. The summed E-state index contributed by atoms with van der Waals surface area (Å²) in [6.07, 6.45) is 6.57. The molecule has 3 heterocycles. The Balaban J connectivity index is 1.19. The molecule has 2 aromatic carbocycles.